The van der Waals surface area contributed by atoms with Gasteiger partial charge in [0.15, 0.2) is 6.10 Å². The molecule has 1 aromatic heterocycles. The van der Waals surface area contributed by atoms with Crippen LogP contribution in [0.5, 0.6) is 0 Å². The van der Waals surface area contributed by atoms with Crippen LogP contribution in [-0.2, 0) is 10.7 Å². The van der Waals surface area contributed by atoms with Crippen molar-refractivity contribution in [1.29, 1.82) is 0 Å². The average molecular weight is 383 g/mol. The number of amides is 1. The zero-order valence-corrected chi connectivity index (χ0v) is 13.6. The zero-order valence-electron chi connectivity index (χ0n) is 13.6. The Bertz CT molecular complexity index is 923. The van der Waals surface area contributed by atoms with E-state index >= 15 is 0 Å². The molecule has 1 aliphatic rings. The number of hydrogen-bond acceptors (Lipinski definition) is 7. The molecule has 1 amide bonds. The molecule has 2 aromatic rings. The second kappa shape index (κ2) is 7.12. The van der Waals surface area contributed by atoms with E-state index in [-0.39, 0.29) is 15.9 Å². The topological polar surface area (TPSA) is 134 Å². The molecular weight excluding hydrogens is 368 g/mol. The van der Waals surface area contributed by atoms with Gasteiger partial charge in [0, 0.05) is 11.8 Å². The van der Waals surface area contributed by atoms with Gasteiger partial charge in [-0.1, -0.05) is 6.07 Å². The fourth-order valence-corrected chi connectivity index (χ4v) is 2.63. The molecule has 11 heteroatoms. The van der Waals surface area contributed by atoms with E-state index in [1.54, 1.807) is 0 Å². The van der Waals surface area contributed by atoms with Gasteiger partial charge in [-0.15, -0.1) is 0 Å². The third-order valence-electron chi connectivity index (χ3n) is 4.03. The molecule has 27 heavy (non-hydrogen) atoms. The first-order valence-electron chi connectivity index (χ1n) is 7.77. The van der Waals surface area contributed by atoms with Crippen LogP contribution in [0.4, 0.5) is 14.6 Å². The Labute approximate surface area is 150 Å². The minimum atomic E-state index is -3.15. The number of carbonyl (C=O) groups is 1. The number of anilines is 1. The van der Waals surface area contributed by atoms with Crippen LogP contribution in [0.1, 0.15) is 10.4 Å². The minimum absolute atomic E-state index is 0.0219. The lowest BCUT2D eigenvalue weighted by atomic mass is 10.1. The van der Waals surface area contributed by atoms with Gasteiger partial charge in [0.1, 0.15) is 23.8 Å². The molecule has 1 aromatic carbocycles. The van der Waals surface area contributed by atoms with Crippen molar-refractivity contribution in [2.45, 2.75) is 24.3 Å². The summed E-state index contributed by atoms with van der Waals surface area (Å²) in [5, 5.41) is 30.8. The van der Waals surface area contributed by atoms with Crippen molar-refractivity contribution in [3.63, 3.8) is 0 Å². The summed E-state index contributed by atoms with van der Waals surface area (Å²) in [6.45, 7) is -0.784. The van der Waals surface area contributed by atoms with Crippen molar-refractivity contribution in [3.8, 4) is 0 Å². The van der Waals surface area contributed by atoms with E-state index in [1.165, 1.54) is 12.1 Å². The number of nitrogens with zero attached hydrogens (tertiary/aromatic N) is 2. The van der Waals surface area contributed by atoms with Gasteiger partial charge < -0.3 is 25.4 Å². The van der Waals surface area contributed by atoms with Gasteiger partial charge in [-0.2, -0.15) is 9.37 Å². The highest BCUT2D eigenvalue weighted by Crippen LogP contribution is 2.35. The molecule has 0 spiro atoms. The van der Waals surface area contributed by atoms with Crippen molar-refractivity contribution in [3.05, 3.63) is 58.4 Å². The lowest BCUT2D eigenvalue weighted by Gasteiger charge is -2.24. The summed E-state index contributed by atoms with van der Waals surface area (Å²) in [6.07, 6.45) is -4.50. The number of ether oxygens (including phenoxy) is 1. The van der Waals surface area contributed by atoms with Crippen LogP contribution in [0, 0.1) is 5.82 Å². The zero-order chi connectivity index (χ0) is 19.8. The maximum Gasteiger partial charge on any atom is 0.354 e. The van der Waals surface area contributed by atoms with Crippen LogP contribution < -0.4 is 11.0 Å². The van der Waals surface area contributed by atoms with E-state index in [0.29, 0.717) is 0 Å². The van der Waals surface area contributed by atoms with Gasteiger partial charge in [-0.25, -0.2) is 13.8 Å². The molecule has 0 saturated carbocycles. The van der Waals surface area contributed by atoms with Crippen LogP contribution >= 0.6 is 0 Å². The molecule has 0 radical (unpaired) electrons. The largest absolute Gasteiger partial charge is 0.394 e. The second-order valence-electron chi connectivity index (χ2n) is 5.81. The average Bonchev–Trinajstić information content (AvgIpc) is 2.86. The number of carbonyl (C=O) groups excluding carboxylic acids is 1. The fraction of sp³-hybridized carbons (Fsp3) is 0.312. The number of alkyl halides is 1. The summed E-state index contributed by atoms with van der Waals surface area (Å²) >= 11 is 0. The van der Waals surface area contributed by atoms with Gasteiger partial charge in [0.25, 0.3) is 5.91 Å². The molecule has 4 N–H and O–H groups in total. The summed E-state index contributed by atoms with van der Waals surface area (Å²) < 4.78 is 33.2. The van der Waals surface area contributed by atoms with Crippen molar-refractivity contribution in [2.75, 3.05) is 11.9 Å². The summed E-state index contributed by atoms with van der Waals surface area (Å²) in [4.78, 5) is 27.6. The Balaban J connectivity index is 1.84. The number of nitrogens with one attached hydrogen (secondary N) is 1. The number of hydrogen-bond donors (Lipinski definition) is 4. The molecule has 2 heterocycles. The molecule has 1 saturated heterocycles. The molecular formula is C16H15F2N3O6. The molecule has 4 atom stereocenters. The third-order valence-corrected chi connectivity index (χ3v) is 4.03. The van der Waals surface area contributed by atoms with E-state index in [4.69, 9.17) is 9.84 Å². The maximum absolute atomic E-state index is 14.9. The molecule has 9 nitrogen and oxygen atoms in total. The van der Waals surface area contributed by atoms with Gasteiger partial charge >= 0.3 is 11.7 Å². The van der Waals surface area contributed by atoms with Crippen molar-refractivity contribution >= 4 is 11.7 Å². The van der Waals surface area contributed by atoms with Crippen LogP contribution in [-0.4, -0.2) is 55.7 Å². The van der Waals surface area contributed by atoms with Crippen LogP contribution in [0.25, 0.3) is 0 Å². The molecule has 0 unspecified atom stereocenters. The first-order valence-corrected chi connectivity index (χ1v) is 7.77. The SMILES string of the molecule is O=C(Nc1ccn([C@]2(F)O[C@H](CO)[C@@H](O)[C@H]2O)c(=O)n1)c1cccc(F)c1. The smallest absolute Gasteiger partial charge is 0.354 e. The number of aliphatic hydroxyl groups is 3. The molecule has 144 valence electrons. The van der Waals surface area contributed by atoms with Crippen LogP contribution in [0.15, 0.2) is 41.3 Å². The van der Waals surface area contributed by atoms with E-state index in [0.717, 1.165) is 24.4 Å². The number of aliphatic hydroxyl groups excluding tert-OH is 3. The number of aromatic nitrogens is 2. The molecule has 1 aliphatic heterocycles. The normalized spacial score (nSPS) is 27.5. The molecule has 3 rings (SSSR count). The number of halogens is 2. The predicted octanol–water partition coefficient (Wildman–Crippen LogP) is -0.673. The minimum Gasteiger partial charge on any atom is -0.394 e. The van der Waals surface area contributed by atoms with E-state index < -0.39 is 48.3 Å². The number of benzene rings is 1. The Kier molecular flexibility index (Phi) is 5.02. The summed E-state index contributed by atoms with van der Waals surface area (Å²) in [5.74, 6) is -4.78. The van der Waals surface area contributed by atoms with Crippen molar-refractivity contribution < 1.29 is 33.6 Å². The highest BCUT2D eigenvalue weighted by Gasteiger charge is 2.57. The van der Waals surface area contributed by atoms with Crippen LogP contribution in [0.2, 0.25) is 0 Å². The van der Waals surface area contributed by atoms with E-state index in [1.807, 2.05) is 0 Å². The molecule has 0 bridgehead atoms. The quantitative estimate of drug-likeness (QED) is 0.550. The van der Waals surface area contributed by atoms with Gasteiger partial charge in [0.2, 0.25) is 0 Å². The monoisotopic (exact) mass is 383 g/mol. The maximum atomic E-state index is 14.9. The van der Waals surface area contributed by atoms with E-state index in [2.05, 4.69) is 10.3 Å². The summed E-state index contributed by atoms with van der Waals surface area (Å²) in [5.41, 5.74) is -1.26. The lowest BCUT2D eigenvalue weighted by molar-refractivity contribution is -0.239. The molecule has 1 fully saturated rings. The van der Waals surface area contributed by atoms with Gasteiger partial charge in [0.05, 0.1) is 6.61 Å². The summed E-state index contributed by atoms with van der Waals surface area (Å²) in [7, 11) is 0. The highest BCUT2D eigenvalue weighted by molar-refractivity contribution is 6.03. The third kappa shape index (κ3) is 3.45. The Morgan fingerprint density at radius 1 is 1.37 bits per heavy atom. The van der Waals surface area contributed by atoms with Crippen molar-refractivity contribution in [2.24, 2.45) is 0 Å². The lowest BCUT2D eigenvalue weighted by Crippen LogP contribution is -2.47. The first kappa shape index (κ1) is 19.0. The van der Waals surface area contributed by atoms with Crippen molar-refractivity contribution in [1.82, 2.24) is 9.55 Å². The van der Waals surface area contributed by atoms with Gasteiger partial charge in [-0.05, 0) is 24.3 Å². The predicted molar refractivity (Wildman–Crippen MR) is 85.9 cm³/mol. The Morgan fingerprint density at radius 3 is 2.70 bits per heavy atom. The highest BCUT2D eigenvalue weighted by atomic mass is 19.2. The van der Waals surface area contributed by atoms with Crippen LogP contribution in [0.3, 0.4) is 0 Å². The number of rotatable bonds is 4. The molecule has 0 aliphatic carbocycles. The Morgan fingerprint density at radius 2 is 2.11 bits per heavy atom. The second-order valence-corrected chi connectivity index (χ2v) is 5.81. The van der Waals surface area contributed by atoms with Gasteiger partial charge in [-0.3, -0.25) is 4.79 Å². The Hall–Kier alpha value is -2.73. The van der Waals surface area contributed by atoms with E-state index in [9.17, 15) is 28.6 Å². The fourth-order valence-electron chi connectivity index (χ4n) is 2.63. The standard InChI is InChI=1S/C16H15F2N3O6/c17-9-3-1-2-8(6-9)14(25)19-11-4-5-21(15(26)20-11)16(18)13(24)12(23)10(7-22)27-16/h1-6,10,12-13,22-24H,7H2,(H,19,20,25,26)/t10-,12-,13-,16+/m1/s1. The first-order chi connectivity index (χ1) is 12.8. The summed E-state index contributed by atoms with van der Waals surface area (Å²) in [6, 6.07) is 5.85.